The second-order valence-electron chi connectivity index (χ2n) is 3.53. The lowest BCUT2D eigenvalue weighted by molar-refractivity contribution is 1.22. The van der Waals surface area contributed by atoms with Gasteiger partial charge in [0.05, 0.1) is 5.71 Å². The fourth-order valence-corrected chi connectivity index (χ4v) is 1.59. The van der Waals surface area contributed by atoms with Crippen LogP contribution in [-0.4, -0.2) is 10.7 Å². The molecule has 0 bridgehead atoms. The Kier molecular flexibility index (Phi) is 3.88. The SMILES string of the molecule is C/C(=N/Nc1ccccn1)c1ccc(Br)cc1. The van der Waals surface area contributed by atoms with Crippen molar-refractivity contribution in [3.05, 3.63) is 58.7 Å². The lowest BCUT2D eigenvalue weighted by atomic mass is 10.1. The lowest BCUT2D eigenvalue weighted by Crippen LogP contribution is -2.00. The Hall–Kier alpha value is -1.68. The minimum atomic E-state index is 0.740. The second-order valence-corrected chi connectivity index (χ2v) is 4.45. The highest BCUT2D eigenvalue weighted by Gasteiger charge is 1.97. The molecule has 0 aliphatic heterocycles. The zero-order valence-electron chi connectivity index (χ0n) is 9.39. The van der Waals surface area contributed by atoms with E-state index in [1.54, 1.807) is 6.20 Å². The van der Waals surface area contributed by atoms with Crippen LogP contribution in [0.1, 0.15) is 12.5 Å². The Morgan fingerprint density at radius 1 is 1.18 bits per heavy atom. The molecule has 0 saturated carbocycles. The third-order valence-electron chi connectivity index (χ3n) is 2.27. The van der Waals surface area contributed by atoms with Gasteiger partial charge in [-0.25, -0.2) is 4.98 Å². The molecular weight excluding hydrogens is 278 g/mol. The molecule has 1 N–H and O–H groups in total. The summed E-state index contributed by atoms with van der Waals surface area (Å²) in [5.41, 5.74) is 4.92. The van der Waals surface area contributed by atoms with E-state index >= 15 is 0 Å². The number of hydrogen-bond donors (Lipinski definition) is 1. The Balaban J connectivity index is 2.10. The first-order valence-corrected chi connectivity index (χ1v) is 6.02. The van der Waals surface area contributed by atoms with Crippen LogP contribution in [-0.2, 0) is 0 Å². The smallest absolute Gasteiger partial charge is 0.146 e. The number of aromatic nitrogens is 1. The van der Waals surface area contributed by atoms with E-state index < -0.39 is 0 Å². The topological polar surface area (TPSA) is 37.3 Å². The molecule has 1 aromatic carbocycles. The van der Waals surface area contributed by atoms with E-state index in [0.29, 0.717) is 0 Å². The molecule has 86 valence electrons. The van der Waals surface area contributed by atoms with E-state index in [-0.39, 0.29) is 0 Å². The molecule has 0 spiro atoms. The van der Waals surface area contributed by atoms with Crippen molar-refractivity contribution >= 4 is 27.5 Å². The number of hydrogen-bond acceptors (Lipinski definition) is 3. The Bertz CT molecular complexity index is 506. The van der Waals surface area contributed by atoms with Crippen molar-refractivity contribution in [1.82, 2.24) is 4.98 Å². The van der Waals surface area contributed by atoms with Crippen LogP contribution in [0.3, 0.4) is 0 Å². The number of halogens is 1. The van der Waals surface area contributed by atoms with Crippen LogP contribution in [0.15, 0.2) is 58.2 Å². The van der Waals surface area contributed by atoms with Crippen LogP contribution in [0.5, 0.6) is 0 Å². The van der Waals surface area contributed by atoms with Crippen LogP contribution < -0.4 is 5.43 Å². The fraction of sp³-hybridized carbons (Fsp3) is 0.0769. The molecule has 2 aromatic rings. The van der Waals surface area contributed by atoms with E-state index in [1.807, 2.05) is 49.4 Å². The molecule has 1 heterocycles. The molecule has 0 aliphatic rings. The molecule has 2 rings (SSSR count). The van der Waals surface area contributed by atoms with Crippen LogP contribution in [0.25, 0.3) is 0 Å². The number of nitrogens with one attached hydrogen (secondary N) is 1. The normalized spacial score (nSPS) is 11.3. The van der Waals surface area contributed by atoms with E-state index in [9.17, 15) is 0 Å². The van der Waals surface area contributed by atoms with Gasteiger partial charge in [0.25, 0.3) is 0 Å². The Morgan fingerprint density at radius 2 is 1.94 bits per heavy atom. The van der Waals surface area contributed by atoms with Gasteiger partial charge < -0.3 is 0 Å². The summed E-state index contributed by atoms with van der Waals surface area (Å²) in [5, 5.41) is 4.28. The van der Waals surface area contributed by atoms with Crippen molar-refractivity contribution in [1.29, 1.82) is 0 Å². The van der Waals surface area contributed by atoms with Gasteiger partial charge in [-0.1, -0.05) is 34.1 Å². The minimum absolute atomic E-state index is 0.740. The first kappa shape index (κ1) is 11.8. The first-order valence-electron chi connectivity index (χ1n) is 5.23. The van der Waals surface area contributed by atoms with Crippen LogP contribution in [0.2, 0.25) is 0 Å². The third-order valence-corrected chi connectivity index (χ3v) is 2.79. The summed E-state index contributed by atoms with van der Waals surface area (Å²) < 4.78 is 1.06. The van der Waals surface area contributed by atoms with Crippen LogP contribution in [0, 0.1) is 0 Å². The largest absolute Gasteiger partial charge is 0.261 e. The summed E-state index contributed by atoms with van der Waals surface area (Å²) >= 11 is 3.40. The van der Waals surface area contributed by atoms with Crippen molar-refractivity contribution < 1.29 is 0 Å². The maximum absolute atomic E-state index is 4.28. The van der Waals surface area contributed by atoms with Crippen molar-refractivity contribution in [2.75, 3.05) is 5.43 Å². The highest BCUT2D eigenvalue weighted by atomic mass is 79.9. The average Bonchev–Trinajstić information content (AvgIpc) is 2.38. The lowest BCUT2D eigenvalue weighted by Gasteiger charge is -2.02. The van der Waals surface area contributed by atoms with Gasteiger partial charge in [0.2, 0.25) is 0 Å². The minimum Gasteiger partial charge on any atom is -0.261 e. The molecule has 1 aromatic heterocycles. The molecule has 0 saturated heterocycles. The third kappa shape index (κ3) is 3.39. The fourth-order valence-electron chi connectivity index (χ4n) is 1.33. The highest BCUT2D eigenvalue weighted by Crippen LogP contribution is 2.11. The number of benzene rings is 1. The zero-order valence-corrected chi connectivity index (χ0v) is 11.0. The van der Waals surface area contributed by atoms with Crippen molar-refractivity contribution in [3.8, 4) is 0 Å². The Labute approximate surface area is 109 Å². The number of pyridine rings is 1. The molecule has 3 nitrogen and oxygen atoms in total. The van der Waals surface area contributed by atoms with Crippen molar-refractivity contribution in [2.24, 2.45) is 5.10 Å². The summed E-state index contributed by atoms with van der Waals surface area (Å²) in [5.74, 6) is 0.740. The monoisotopic (exact) mass is 289 g/mol. The second kappa shape index (κ2) is 5.59. The van der Waals surface area contributed by atoms with Gasteiger partial charge in [-0.2, -0.15) is 5.10 Å². The highest BCUT2D eigenvalue weighted by molar-refractivity contribution is 9.10. The van der Waals surface area contributed by atoms with Crippen molar-refractivity contribution in [2.45, 2.75) is 6.92 Å². The van der Waals surface area contributed by atoms with E-state index in [1.165, 1.54) is 0 Å². The number of nitrogens with zero attached hydrogens (tertiary/aromatic N) is 2. The zero-order chi connectivity index (χ0) is 12.1. The molecule has 0 aliphatic carbocycles. The summed E-state index contributed by atoms with van der Waals surface area (Å²) in [6.07, 6.45) is 1.73. The van der Waals surface area contributed by atoms with E-state index in [0.717, 1.165) is 21.6 Å². The molecule has 0 unspecified atom stereocenters. The number of rotatable bonds is 3. The number of hydrazone groups is 1. The summed E-state index contributed by atoms with van der Waals surface area (Å²) in [6.45, 7) is 1.96. The Morgan fingerprint density at radius 3 is 2.59 bits per heavy atom. The average molecular weight is 290 g/mol. The first-order chi connectivity index (χ1) is 8.25. The molecule has 0 atom stereocenters. The van der Waals surface area contributed by atoms with Crippen LogP contribution >= 0.6 is 15.9 Å². The predicted octanol–water partition coefficient (Wildman–Crippen LogP) is 3.68. The van der Waals surface area contributed by atoms with Gasteiger partial charge in [0, 0.05) is 10.7 Å². The van der Waals surface area contributed by atoms with Gasteiger partial charge >= 0.3 is 0 Å². The van der Waals surface area contributed by atoms with Crippen LogP contribution in [0.4, 0.5) is 5.82 Å². The van der Waals surface area contributed by atoms with Gasteiger partial charge in [0.1, 0.15) is 5.82 Å². The molecule has 17 heavy (non-hydrogen) atoms. The van der Waals surface area contributed by atoms with E-state index in [2.05, 4.69) is 31.4 Å². The maximum Gasteiger partial charge on any atom is 0.146 e. The maximum atomic E-state index is 4.28. The quantitative estimate of drug-likeness (QED) is 0.691. The molecule has 0 fully saturated rings. The van der Waals surface area contributed by atoms with Gasteiger partial charge in [-0.3, -0.25) is 5.43 Å². The van der Waals surface area contributed by atoms with Gasteiger partial charge in [-0.05, 0) is 36.8 Å². The predicted molar refractivity (Wildman–Crippen MR) is 74.2 cm³/mol. The number of anilines is 1. The molecule has 4 heteroatoms. The summed E-state index contributed by atoms with van der Waals surface area (Å²) in [6, 6.07) is 13.7. The van der Waals surface area contributed by atoms with Gasteiger partial charge in [0.15, 0.2) is 0 Å². The van der Waals surface area contributed by atoms with Gasteiger partial charge in [-0.15, -0.1) is 0 Å². The molecule has 0 radical (unpaired) electrons. The molecular formula is C13H12BrN3. The van der Waals surface area contributed by atoms with E-state index in [4.69, 9.17) is 0 Å². The summed E-state index contributed by atoms with van der Waals surface area (Å²) in [4.78, 5) is 4.13. The van der Waals surface area contributed by atoms with Crippen molar-refractivity contribution in [3.63, 3.8) is 0 Å². The molecule has 0 amide bonds. The standard InChI is InChI=1S/C13H12BrN3/c1-10(11-5-7-12(14)8-6-11)16-17-13-4-2-3-9-15-13/h2-9H,1H3,(H,15,17)/b16-10-. The summed E-state index contributed by atoms with van der Waals surface area (Å²) in [7, 11) is 0.